The van der Waals surface area contributed by atoms with Gasteiger partial charge in [-0.1, -0.05) is 13.3 Å². The van der Waals surface area contributed by atoms with E-state index in [9.17, 15) is 4.79 Å². The number of aliphatic hydroxyl groups excluding tert-OH is 1. The average Bonchev–Trinajstić information content (AvgIpc) is 2.35. The van der Waals surface area contributed by atoms with Crippen LogP contribution in [0.3, 0.4) is 0 Å². The summed E-state index contributed by atoms with van der Waals surface area (Å²) >= 11 is 0. The number of rotatable bonds is 7. The molecule has 17 heavy (non-hydrogen) atoms. The zero-order valence-corrected chi connectivity index (χ0v) is 11.0. The molecule has 0 aromatic rings. The van der Waals surface area contributed by atoms with E-state index < -0.39 is 0 Å². The highest BCUT2D eigenvalue weighted by atomic mass is 16.3. The summed E-state index contributed by atoms with van der Waals surface area (Å²) in [5, 5.41) is 11.7. The van der Waals surface area contributed by atoms with E-state index in [1.165, 1.54) is 19.4 Å². The summed E-state index contributed by atoms with van der Waals surface area (Å²) in [5.74, 6) is 0.0889. The van der Waals surface area contributed by atoms with Crippen LogP contribution >= 0.6 is 0 Å². The molecule has 1 aliphatic rings. The lowest BCUT2D eigenvalue weighted by molar-refractivity contribution is -0.122. The third-order valence-corrected chi connectivity index (χ3v) is 3.34. The predicted octanol–water partition coefficient (Wildman–Crippen LogP) is 1.14. The van der Waals surface area contributed by atoms with Gasteiger partial charge in [-0.2, -0.15) is 0 Å². The zero-order chi connectivity index (χ0) is 12.5. The van der Waals surface area contributed by atoms with Crippen LogP contribution in [-0.4, -0.2) is 48.2 Å². The van der Waals surface area contributed by atoms with Crippen LogP contribution in [0.2, 0.25) is 0 Å². The van der Waals surface area contributed by atoms with Gasteiger partial charge in [0.15, 0.2) is 0 Å². The van der Waals surface area contributed by atoms with Crippen LogP contribution in [0.15, 0.2) is 0 Å². The van der Waals surface area contributed by atoms with Crippen LogP contribution in [0.5, 0.6) is 0 Å². The Morgan fingerprint density at radius 3 is 2.65 bits per heavy atom. The average molecular weight is 242 g/mol. The van der Waals surface area contributed by atoms with Gasteiger partial charge < -0.3 is 15.3 Å². The second kappa shape index (κ2) is 8.48. The van der Waals surface area contributed by atoms with E-state index in [4.69, 9.17) is 5.11 Å². The molecule has 0 aliphatic carbocycles. The Bertz CT molecular complexity index is 213. The van der Waals surface area contributed by atoms with E-state index in [1.54, 1.807) is 0 Å². The fraction of sp³-hybridized carbons (Fsp3) is 0.923. The van der Waals surface area contributed by atoms with Crippen LogP contribution in [-0.2, 0) is 4.79 Å². The molecule has 1 heterocycles. The number of aliphatic hydroxyl groups is 1. The maximum absolute atomic E-state index is 11.5. The van der Waals surface area contributed by atoms with Gasteiger partial charge in [0.1, 0.15) is 0 Å². The van der Waals surface area contributed by atoms with Crippen LogP contribution in [0, 0.1) is 0 Å². The van der Waals surface area contributed by atoms with Gasteiger partial charge >= 0.3 is 0 Å². The molecule has 0 aromatic carbocycles. The zero-order valence-electron chi connectivity index (χ0n) is 11.0. The molecule has 0 aromatic heterocycles. The normalized spacial score (nSPS) is 18.2. The number of unbranched alkanes of at least 4 members (excludes halogenated alkanes) is 1. The summed E-state index contributed by atoms with van der Waals surface area (Å²) in [5.41, 5.74) is 0. The second-order valence-electron chi connectivity index (χ2n) is 4.86. The van der Waals surface area contributed by atoms with Gasteiger partial charge in [-0.25, -0.2) is 0 Å². The molecule has 2 N–H and O–H groups in total. The minimum Gasteiger partial charge on any atom is -0.396 e. The molecule has 4 nitrogen and oxygen atoms in total. The molecule has 0 saturated carbocycles. The van der Waals surface area contributed by atoms with Crippen molar-refractivity contribution in [2.75, 3.05) is 26.2 Å². The lowest BCUT2D eigenvalue weighted by Gasteiger charge is -2.32. The van der Waals surface area contributed by atoms with Crippen LogP contribution in [0.25, 0.3) is 0 Å². The van der Waals surface area contributed by atoms with Crippen LogP contribution in [0.4, 0.5) is 0 Å². The van der Waals surface area contributed by atoms with E-state index in [-0.39, 0.29) is 12.5 Å². The standard InChI is InChI=1S/C13H26N2O2/c1-2-3-8-15-9-6-12(7-10-15)14-13(17)5-4-11-16/h12,16H,2-11H2,1H3,(H,14,17). The lowest BCUT2D eigenvalue weighted by atomic mass is 10.0. The molecule has 0 atom stereocenters. The largest absolute Gasteiger partial charge is 0.396 e. The van der Waals surface area contributed by atoms with Crippen molar-refractivity contribution in [1.82, 2.24) is 10.2 Å². The molecule has 1 saturated heterocycles. The molecule has 0 radical (unpaired) electrons. The van der Waals surface area contributed by atoms with E-state index in [2.05, 4.69) is 17.1 Å². The number of carbonyl (C=O) groups excluding carboxylic acids is 1. The molecule has 100 valence electrons. The quantitative estimate of drug-likeness (QED) is 0.704. The van der Waals surface area contributed by atoms with E-state index in [1.807, 2.05) is 0 Å². The van der Waals surface area contributed by atoms with Gasteiger partial charge in [-0.05, 0) is 32.2 Å². The molecule has 1 rings (SSSR count). The Morgan fingerprint density at radius 1 is 1.35 bits per heavy atom. The number of nitrogens with zero attached hydrogens (tertiary/aromatic N) is 1. The number of carbonyl (C=O) groups is 1. The molecule has 0 spiro atoms. The van der Waals surface area contributed by atoms with Crippen molar-refractivity contribution in [3.05, 3.63) is 0 Å². The Hall–Kier alpha value is -0.610. The van der Waals surface area contributed by atoms with Crippen LogP contribution in [0.1, 0.15) is 45.4 Å². The van der Waals surface area contributed by atoms with Gasteiger partial charge in [0.25, 0.3) is 0 Å². The third kappa shape index (κ3) is 6.03. The maximum Gasteiger partial charge on any atom is 0.220 e. The van der Waals surface area contributed by atoms with Crippen molar-refractivity contribution in [3.8, 4) is 0 Å². The minimum absolute atomic E-state index is 0.0889. The molecule has 4 heteroatoms. The van der Waals surface area contributed by atoms with E-state index in [0.29, 0.717) is 18.9 Å². The van der Waals surface area contributed by atoms with Gasteiger partial charge in [-0.15, -0.1) is 0 Å². The van der Waals surface area contributed by atoms with Crippen molar-refractivity contribution in [1.29, 1.82) is 0 Å². The highest BCUT2D eigenvalue weighted by Gasteiger charge is 2.19. The van der Waals surface area contributed by atoms with Gasteiger partial charge in [0.05, 0.1) is 0 Å². The summed E-state index contributed by atoms with van der Waals surface area (Å²) in [4.78, 5) is 14.0. The second-order valence-corrected chi connectivity index (χ2v) is 4.86. The topological polar surface area (TPSA) is 52.6 Å². The molecule has 1 fully saturated rings. The molecule has 0 unspecified atom stereocenters. The fourth-order valence-corrected chi connectivity index (χ4v) is 2.22. The van der Waals surface area contributed by atoms with Crippen molar-refractivity contribution in [3.63, 3.8) is 0 Å². The minimum atomic E-state index is 0.0889. The molecular weight excluding hydrogens is 216 g/mol. The first kappa shape index (κ1) is 14.5. The van der Waals surface area contributed by atoms with Gasteiger partial charge in [-0.3, -0.25) is 4.79 Å². The summed E-state index contributed by atoms with van der Waals surface area (Å²) in [6.07, 6.45) is 5.67. The third-order valence-electron chi connectivity index (χ3n) is 3.34. The van der Waals surface area contributed by atoms with Crippen molar-refractivity contribution in [2.45, 2.75) is 51.5 Å². The Kier molecular flexibility index (Phi) is 7.21. The molecule has 1 amide bonds. The summed E-state index contributed by atoms with van der Waals surface area (Å²) in [6, 6.07) is 0.346. The number of likely N-dealkylation sites (tertiary alicyclic amines) is 1. The van der Waals surface area contributed by atoms with Crippen molar-refractivity contribution in [2.24, 2.45) is 0 Å². The monoisotopic (exact) mass is 242 g/mol. The van der Waals surface area contributed by atoms with E-state index >= 15 is 0 Å². The van der Waals surface area contributed by atoms with Crippen LogP contribution < -0.4 is 5.32 Å². The first-order valence-corrected chi connectivity index (χ1v) is 6.88. The van der Waals surface area contributed by atoms with Crippen molar-refractivity contribution >= 4 is 5.91 Å². The number of hydrogen-bond donors (Lipinski definition) is 2. The van der Waals surface area contributed by atoms with Gasteiger partial charge in [0.2, 0.25) is 5.91 Å². The number of piperidine rings is 1. The van der Waals surface area contributed by atoms with Gasteiger partial charge in [0, 0.05) is 32.2 Å². The Morgan fingerprint density at radius 2 is 2.06 bits per heavy atom. The first-order valence-electron chi connectivity index (χ1n) is 6.88. The smallest absolute Gasteiger partial charge is 0.220 e. The maximum atomic E-state index is 11.5. The highest BCUT2D eigenvalue weighted by Crippen LogP contribution is 2.11. The first-order chi connectivity index (χ1) is 8.26. The molecule has 0 bridgehead atoms. The van der Waals surface area contributed by atoms with E-state index in [0.717, 1.165) is 25.9 Å². The summed E-state index contributed by atoms with van der Waals surface area (Å²) in [7, 11) is 0. The highest BCUT2D eigenvalue weighted by molar-refractivity contribution is 5.76. The fourth-order valence-electron chi connectivity index (χ4n) is 2.22. The Labute approximate surface area is 104 Å². The number of nitrogens with one attached hydrogen (secondary N) is 1. The number of amides is 1. The number of hydrogen-bond acceptors (Lipinski definition) is 3. The SMILES string of the molecule is CCCCN1CCC(NC(=O)CCCO)CC1. The molecule has 1 aliphatic heterocycles. The Balaban J connectivity index is 2.12. The summed E-state index contributed by atoms with van der Waals surface area (Å²) in [6.45, 7) is 5.72. The summed E-state index contributed by atoms with van der Waals surface area (Å²) < 4.78 is 0. The van der Waals surface area contributed by atoms with Crippen molar-refractivity contribution < 1.29 is 9.90 Å². The lowest BCUT2D eigenvalue weighted by Crippen LogP contribution is -2.44. The predicted molar refractivity (Wildman–Crippen MR) is 68.8 cm³/mol. The molecular formula is C13H26N2O2.